The van der Waals surface area contributed by atoms with Gasteiger partial charge in [0, 0.05) is 15.7 Å². The number of fused-ring (bicyclic) bond motifs is 1. The molecule has 0 N–H and O–H groups in total. The Morgan fingerprint density at radius 1 is 1.28 bits per heavy atom. The molecule has 0 bridgehead atoms. The lowest BCUT2D eigenvalue weighted by Crippen LogP contribution is -2.20. The first-order chi connectivity index (χ1) is 8.49. The van der Waals surface area contributed by atoms with E-state index >= 15 is 0 Å². The predicted octanol–water partition coefficient (Wildman–Crippen LogP) is 4.98. The fourth-order valence-corrected chi connectivity index (χ4v) is 4.03. The maximum atomic E-state index is 5.81. The Morgan fingerprint density at radius 3 is 2.61 bits per heavy atom. The van der Waals surface area contributed by atoms with Crippen molar-refractivity contribution in [1.29, 1.82) is 0 Å². The van der Waals surface area contributed by atoms with Gasteiger partial charge in [-0.3, -0.25) is 0 Å². The molecule has 1 aliphatic heterocycles. The maximum Gasteiger partial charge on any atom is 0.125 e. The molecule has 0 aliphatic carbocycles. The molecule has 18 heavy (non-hydrogen) atoms. The molecule has 2 atom stereocenters. The lowest BCUT2D eigenvalue weighted by atomic mass is 9.86. The van der Waals surface area contributed by atoms with E-state index in [2.05, 4.69) is 64.8 Å². The summed E-state index contributed by atoms with van der Waals surface area (Å²) in [6, 6.07) is 4.41. The monoisotopic (exact) mass is 374 g/mol. The molecule has 1 aromatic rings. The van der Waals surface area contributed by atoms with Crippen molar-refractivity contribution in [1.82, 2.24) is 0 Å². The van der Waals surface area contributed by atoms with Gasteiger partial charge in [-0.25, -0.2) is 0 Å². The number of hydrogen-bond acceptors (Lipinski definition) is 1. The molecule has 1 aliphatic rings. The zero-order valence-corrected chi connectivity index (χ0v) is 14.3. The average molecular weight is 376 g/mol. The van der Waals surface area contributed by atoms with Crippen LogP contribution >= 0.6 is 31.9 Å². The molecule has 2 rings (SSSR count). The van der Waals surface area contributed by atoms with E-state index in [0.717, 1.165) is 25.2 Å². The second kappa shape index (κ2) is 5.96. The van der Waals surface area contributed by atoms with Gasteiger partial charge in [-0.05, 0) is 41.5 Å². The van der Waals surface area contributed by atoms with Crippen LogP contribution < -0.4 is 4.74 Å². The molecule has 100 valence electrons. The average Bonchev–Trinajstić information content (AvgIpc) is 2.72. The molecule has 0 radical (unpaired) electrons. The molecule has 0 saturated carbocycles. The molecule has 0 aromatic heterocycles. The number of ether oxygens (including phenoxy) is 1. The standard InChI is InChI=1S/C15H20Br2O/c1-9(2)14(10(3)16)8-12-7-13(17)6-11-4-5-18-15(11)12/h6-7,9-10,14H,4-5,8H2,1-3H3. The lowest BCUT2D eigenvalue weighted by molar-refractivity contribution is 0.341. The van der Waals surface area contributed by atoms with Crippen LogP contribution in [0.5, 0.6) is 5.75 Å². The Hall–Kier alpha value is -0.0200. The van der Waals surface area contributed by atoms with E-state index in [1.165, 1.54) is 15.6 Å². The minimum Gasteiger partial charge on any atom is -0.493 e. The summed E-state index contributed by atoms with van der Waals surface area (Å²) in [6.45, 7) is 7.65. The van der Waals surface area contributed by atoms with Crippen molar-refractivity contribution in [2.75, 3.05) is 6.61 Å². The molecule has 1 heterocycles. The quantitative estimate of drug-likeness (QED) is 0.674. The van der Waals surface area contributed by atoms with E-state index in [9.17, 15) is 0 Å². The van der Waals surface area contributed by atoms with Gasteiger partial charge in [0.2, 0.25) is 0 Å². The van der Waals surface area contributed by atoms with E-state index in [1.54, 1.807) is 0 Å². The lowest BCUT2D eigenvalue weighted by Gasteiger charge is -2.24. The molecule has 2 unspecified atom stereocenters. The first kappa shape index (κ1) is 14.4. The van der Waals surface area contributed by atoms with Gasteiger partial charge in [0.05, 0.1) is 6.61 Å². The molecule has 0 fully saturated rings. The smallest absolute Gasteiger partial charge is 0.125 e. The molecule has 0 amide bonds. The molecule has 0 spiro atoms. The number of halogens is 2. The van der Waals surface area contributed by atoms with Gasteiger partial charge in [0.15, 0.2) is 0 Å². The molecule has 3 heteroatoms. The summed E-state index contributed by atoms with van der Waals surface area (Å²) >= 11 is 7.36. The van der Waals surface area contributed by atoms with Crippen molar-refractivity contribution >= 4 is 31.9 Å². The Morgan fingerprint density at radius 2 is 2.00 bits per heavy atom. The Bertz CT molecular complexity index is 419. The third-order valence-electron chi connectivity index (χ3n) is 3.73. The second-order valence-corrected chi connectivity index (χ2v) is 7.80. The van der Waals surface area contributed by atoms with E-state index in [-0.39, 0.29) is 0 Å². The van der Waals surface area contributed by atoms with Gasteiger partial charge >= 0.3 is 0 Å². The van der Waals surface area contributed by atoms with Gasteiger partial charge in [0.1, 0.15) is 5.75 Å². The zero-order valence-electron chi connectivity index (χ0n) is 11.2. The SMILES string of the molecule is CC(C)C(Cc1cc(Br)cc2c1OCC2)C(C)Br. The molecular weight excluding hydrogens is 356 g/mol. The van der Waals surface area contributed by atoms with Crippen molar-refractivity contribution in [2.24, 2.45) is 11.8 Å². The minimum atomic E-state index is 0.522. The first-order valence-electron chi connectivity index (χ1n) is 6.57. The number of rotatable bonds is 4. The van der Waals surface area contributed by atoms with E-state index in [4.69, 9.17) is 4.74 Å². The highest BCUT2D eigenvalue weighted by Crippen LogP contribution is 2.36. The topological polar surface area (TPSA) is 9.23 Å². The third-order valence-corrected chi connectivity index (χ3v) is 4.86. The van der Waals surface area contributed by atoms with E-state index in [1.807, 2.05) is 0 Å². The van der Waals surface area contributed by atoms with Gasteiger partial charge in [0.25, 0.3) is 0 Å². The van der Waals surface area contributed by atoms with Crippen molar-refractivity contribution < 1.29 is 4.74 Å². The highest BCUT2D eigenvalue weighted by molar-refractivity contribution is 9.10. The van der Waals surface area contributed by atoms with Gasteiger partial charge < -0.3 is 4.74 Å². The number of benzene rings is 1. The van der Waals surface area contributed by atoms with Crippen LogP contribution in [0.2, 0.25) is 0 Å². The maximum absolute atomic E-state index is 5.81. The van der Waals surface area contributed by atoms with Crippen LogP contribution in [0.25, 0.3) is 0 Å². The summed E-state index contributed by atoms with van der Waals surface area (Å²) in [5, 5.41) is 0. The normalized spacial score (nSPS) is 17.4. The van der Waals surface area contributed by atoms with Crippen LogP contribution in [0, 0.1) is 11.8 Å². The van der Waals surface area contributed by atoms with Crippen LogP contribution in [0.15, 0.2) is 16.6 Å². The summed E-state index contributed by atoms with van der Waals surface area (Å²) in [5.41, 5.74) is 2.70. The summed E-state index contributed by atoms with van der Waals surface area (Å²) in [5.74, 6) is 2.43. The molecular formula is C15H20Br2O. The van der Waals surface area contributed by atoms with Crippen molar-refractivity contribution in [3.8, 4) is 5.75 Å². The first-order valence-corrected chi connectivity index (χ1v) is 8.28. The summed E-state index contributed by atoms with van der Waals surface area (Å²) in [6.07, 6.45) is 2.11. The Kier molecular flexibility index (Phi) is 4.76. The van der Waals surface area contributed by atoms with Gasteiger partial charge in [-0.2, -0.15) is 0 Å². The molecule has 1 aromatic carbocycles. The second-order valence-electron chi connectivity index (χ2n) is 5.44. The van der Waals surface area contributed by atoms with Crippen LogP contribution in [0.3, 0.4) is 0 Å². The summed E-state index contributed by atoms with van der Waals surface area (Å²) < 4.78 is 6.98. The van der Waals surface area contributed by atoms with Gasteiger partial charge in [-0.15, -0.1) is 0 Å². The number of hydrogen-bond donors (Lipinski definition) is 0. The van der Waals surface area contributed by atoms with E-state index < -0.39 is 0 Å². The van der Waals surface area contributed by atoms with Crippen molar-refractivity contribution in [3.63, 3.8) is 0 Å². The fraction of sp³-hybridized carbons (Fsp3) is 0.600. The van der Waals surface area contributed by atoms with Crippen molar-refractivity contribution in [3.05, 3.63) is 27.7 Å². The fourth-order valence-electron chi connectivity index (χ4n) is 2.68. The predicted molar refractivity (Wildman–Crippen MR) is 83.8 cm³/mol. The Labute approximate surface area is 127 Å². The van der Waals surface area contributed by atoms with Crippen LogP contribution in [0.1, 0.15) is 31.9 Å². The number of alkyl halides is 1. The van der Waals surface area contributed by atoms with Crippen LogP contribution in [0.4, 0.5) is 0 Å². The van der Waals surface area contributed by atoms with Gasteiger partial charge in [-0.1, -0.05) is 52.6 Å². The molecule has 0 saturated heterocycles. The zero-order chi connectivity index (χ0) is 13.3. The third kappa shape index (κ3) is 3.11. The minimum absolute atomic E-state index is 0.522. The summed E-state index contributed by atoms with van der Waals surface area (Å²) in [7, 11) is 0. The largest absolute Gasteiger partial charge is 0.493 e. The Balaban J connectivity index is 2.28. The van der Waals surface area contributed by atoms with Crippen LogP contribution in [-0.2, 0) is 12.8 Å². The van der Waals surface area contributed by atoms with E-state index in [0.29, 0.717) is 16.7 Å². The highest BCUT2D eigenvalue weighted by atomic mass is 79.9. The van der Waals surface area contributed by atoms with Crippen molar-refractivity contribution in [2.45, 2.75) is 38.4 Å². The molecule has 1 nitrogen and oxygen atoms in total. The summed E-state index contributed by atoms with van der Waals surface area (Å²) in [4.78, 5) is 0.522. The highest BCUT2D eigenvalue weighted by Gasteiger charge is 2.24. The van der Waals surface area contributed by atoms with Crippen LogP contribution in [-0.4, -0.2) is 11.4 Å².